The first-order valence-corrected chi connectivity index (χ1v) is 12.9. The molecule has 5 rings (SSSR count). The van der Waals surface area contributed by atoms with Crippen LogP contribution < -0.4 is 10.6 Å². The largest absolute Gasteiger partial charge is 0.416 e. The standard InChI is InChI=1S/C25H28F3N7O2S/c1-14(22(37)35-10-8-33(2)9-11-35)29-21(36)15-4-7-19-18(12-15)30-23(34(19)3)32-24-31-17-6-5-16(25(26,27)28)13-20(17)38-24/h4-7,12-14,21,29,36H,8-11H2,1-3H3,(H,30,31,32)/t14-,21?/m1/s1. The number of imidazole rings is 1. The van der Waals surface area contributed by atoms with Crippen molar-refractivity contribution in [1.82, 2.24) is 29.7 Å². The molecule has 13 heteroatoms. The summed E-state index contributed by atoms with van der Waals surface area (Å²) >= 11 is 1.11. The summed E-state index contributed by atoms with van der Waals surface area (Å²) in [5.41, 5.74) is 1.68. The van der Waals surface area contributed by atoms with Gasteiger partial charge in [0.1, 0.15) is 6.23 Å². The van der Waals surface area contributed by atoms with Gasteiger partial charge in [0.15, 0.2) is 5.13 Å². The minimum atomic E-state index is -4.42. The van der Waals surface area contributed by atoms with Gasteiger partial charge in [0.2, 0.25) is 11.9 Å². The highest BCUT2D eigenvalue weighted by Gasteiger charge is 2.31. The maximum absolute atomic E-state index is 13.0. The summed E-state index contributed by atoms with van der Waals surface area (Å²) in [6.45, 7) is 4.69. The van der Waals surface area contributed by atoms with Crippen LogP contribution in [0.2, 0.25) is 0 Å². The Morgan fingerprint density at radius 2 is 1.79 bits per heavy atom. The minimum absolute atomic E-state index is 0.0549. The van der Waals surface area contributed by atoms with Crippen LogP contribution in [0.3, 0.4) is 0 Å². The number of aromatic nitrogens is 3. The lowest BCUT2D eigenvalue weighted by molar-refractivity contribution is -0.137. The van der Waals surface area contributed by atoms with Crippen LogP contribution in [-0.2, 0) is 18.0 Å². The Labute approximate surface area is 220 Å². The van der Waals surface area contributed by atoms with Crippen molar-refractivity contribution in [1.29, 1.82) is 0 Å². The summed E-state index contributed by atoms with van der Waals surface area (Å²) in [6, 6.07) is 8.19. The number of aliphatic hydroxyl groups excluding tert-OH is 1. The van der Waals surface area contributed by atoms with Crippen molar-refractivity contribution in [3.63, 3.8) is 0 Å². The van der Waals surface area contributed by atoms with Gasteiger partial charge in [-0.25, -0.2) is 9.97 Å². The summed E-state index contributed by atoms with van der Waals surface area (Å²) in [6.07, 6.45) is -5.49. The molecule has 38 heavy (non-hydrogen) atoms. The fourth-order valence-corrected chi connectivity index (χ4v) is 5.35. The number of fused-ring (bicyclic) bond motifs is 2. The second-order valence-electron chi connectivity index (χ2n) is 9.49. The molecule has 0 saturated carbocycles. The smallest absolute Gasteiger partial charge is 0.374 e. The van der Waals surface area contributed by atoms with Crippen LogP contribution in [0.15, 0.2) is 36.4 Å². The zero-order valence-corrected chi connectivity index (χ0v) is 21.9. The van der Waals surface area contributed by atoms with Crippen molar-refractivity contribution in [2.75, 3.05) is 38.5 Å². The average molecular weight is 548 g/mol. The van der Waals surface area contributed by atoms with E-state index in [1.54, 1.807) is 35.6 Å². The lowest BCUT2D eigenvalue weighted by atomic mass is 10.1. The monoisotopic (exact) mass is 547 g/mol. The predicted octanol–water partition coefficient (Wildman–Crippen LogP) is 3.69. The molecule has 1 unspecified atom stereocenters. The number of nitrogens with zero attached hydrogens (tertiary/aromatic N) is 5. The molecular weight excluding hydrogens is 519 g/mol. The van der Waals surface area contributed by atoms with Crippen LogP contribution in [0.25, 0.3) is 21.3 Å². The molecule has 1 saturated heterocycles. The number of benzene rings is 2. The number of piperazine rings is 1. The lowest BCUT2D eigenvalue weighted by Gasteiger charge is -2.34. The molecule has 0 spiro atoms. The van der Waals surface area contributed by atoms with Gasteiger partial charge in [-0.15, -0.1) is 0 Å². The maximum Gasteiger partial charge on any atom is 0.416 e. The molecule has 0 aliphatic carbocycles. The number of amides is 1. The molecule has 2 atom stereocenters. The first-order valence-electron chi connectivity index (χ1n) is 12.1. The Bertz CT molecular complexity index is 1480. The molecular formula is C25H28F3N7O2S. The molecule has 2 aromatic carbocycles. The summed E-state index contributed by atoms with van der Waals surface area (Å²) in [5.74, 6) is 0.397. The molecule has 3 heterocycles. The molecule has 9 nitrogen and oxygen atoms in total. The Kier molecular flexibility index (Phi) is 7.03. The number of thiazole rings is 1. The zero-order valence-electron chi connectivity index (χ0n) is 21.1. The van der Waals surface area contributed by atoms with E-state index in [0.29, 0.717) is 45.5 Å². The third-order valence-corrected chi connectivity index (χ3v) is 7.68. The number of anilines is 2. The van der Waals surface area contributed by atoms with Gasteiger partial charge in [-0.1, -0.05) is 17.4 Å². The number of nitrogens with one attached hydrogen (secondary N) is 2. The zero-order chi connectivity index (χ0) is 27.2. The van der Waals surface area contributed by atoms with Crippen molar-refractivity contribution in [2.24, 2.45) is 7.05 Å². The molecule has 1 fully saturated rings. The van der Waals surface area contributed by atoms with E-state index in [2.05, 4.69) is 25.5 Å². The molecule has 1 aliphatic rings. The van der Waals surface area contributed by atoms with Gasteiger partial charge < -0.3 is 24.8 Å². The number of hydrogen-bond donors (Lipinski definition) is 3. The fourth-order valence-electron chi connectivity index (χ4n) is 4.45. The molecule has 4 aromatic rings. The molecule has 1 aliphatic heterocycles. The first kappa shape index (κ1) is 26.4. The van der Waals surface area contributed by atoms with E-state index in [1.165, 1.54) is 6.07 Å². The number of likely N-dealkylation sites (N-methyl/N-ethyl adjacent to an activating group) is 1. The molecule has 3 N–H and O–H groups in total. The Hall–Kier alpha value is -3.26. The third kappa shape index (κ3) is 5.32. The van der Waals surface area contributed by atoms with E-state index < -0.39 is 24.0 Å². The van der Waals surface area contributed by atoms with Gasteiger partial charge in [0, 0.05) is 33.2 Å². The number of aryl methyl sites for hydroxylation is 1. The highest BCUT2D eigenvalue weighted by molar-refractivity contribution is 7.22. The molecule has 0 radical (unpaired) electrons. The Morgan fingerprint density at radius 3 is 2.50 bits per heavy atom. The van der Waals surface area contributed by atoms with Gasteiger partial charge in [0.05, 0.1) is 32.9 Å². The number of aliphatic hydroxyl groups is 1. The van der Waals surface area contributed by atoms with Crippen molar-refractivity contribution in [3.05, 3.63) is 47.5 Å². The van der Waals surface area contributed by atoms with Crippen LogP contribution in [0, 0.1) is 0 Å². The Balaban J connectivity index is 1.30. The van der Waals surface area contributed by atoms with Gasteiger partial charge in [-0.05, 0) is 49.9 Å². The number of halogens is 3. The second kappa shape index (κ2) is 10.1. The van der Waals surface area contributed by atoms with Gasteiger partial charge >= 0.3 is 6.18 Å². The number of carbonyl (C=O) groups excluding carboxylic acids is 1. The molecule has 0 bridgehead atoms. The van der Waals surface area contributed by atoms with E-state index in [4.69, 9.17) is 0 Å². The van der Waals surface area contributed by atoms with Crippen molar-refractivity contribution in [3.8, 4) is 0 Å². The average Bonchev–Trinajstić information content (AvgIpc) is 3.42. The molecule has 202 valence electrons. The lowest BCUT2D eigenvalue weighted by Crippen LogP contribution is -2.53. The van der Waals surface area contributed by atoms with Crippen molar-refractivity contribution < 1.29 is 23.1 Å². The summed E-state index contributed by atoms with van der Waals surface area (Å²) in [5, 5.41) is 17.3. The SMILES string of the molecule is C[C@@H](NC(O)c1ccc2c(c1)nc(Nc1nc3ccc(C(F)(F)F)cc3s1)n2C)C(=O)N1CCN(C)CC1. The summed E-state index contributed by atoms with van der Waals surface area (Å²) in [4.78, 5) is 25.7. The van der Waals surface area contributed by atoms with Crippen LogP contribution in [0.5, 0.6) is 0 Å². The van der Waals surface area contributed by atoms with Crippen LogP contribution >= 0.6 is 11.3 Å². The van der Waals surface area contributed by atoms with E-state index in [9.17, 15) is 23.1 Å². The van der Waals surface area contributed by atoms with E-state index in [0.717, 1.165) is 42.1 Å². The quantitative estimate of drug-likeness (QED) is 0.317. The van der Waals surface area contributed by atoms with E-state index in [1.807, 2.05) is 13.1 Å². The van der Waals surface area contributed by atoms with E-state index in [-0.39, 0.29) is 5.91 Å². The molecule has 2 aromatic heterocycles. The maximum atomic E-state index is 13.0. The highest BCUT2D eigenvalue weighted by atomic mass is 32.1. The minimum Gasteiger partial charge on any atom is -0.374 e. The third-order valence-electron chi connectivity index (χ3n) is 6.75. The summed E-state index contributed by atoms with van der Waals surface area (Å²) < 4.78 is 41.4. The van der Waals surface area contributed by atoms with Crippen LogP contribution in [0.4, 0.5) is 24.3 Å². The predicted molar refractivity (Wildman–Crippen MR) is 140 cm³/mol. The fraction of sp³-hybridized carbons (Fsp3) is 0.400. The van der Waals surface area contributed by atoms with Crippen molar-refractivity contribution >= 4 is 49.6 Å². The first-order chi connectivity index (χ1) is 18.0. The number of hydrogen-bond acceptors (Lipinski definition) is 8. The van der Waals surface area contributed by atoms with Gasteiger partial charge in [-0.2, -0.15) is 13.2 Å². The molecule has 1 amide bonds. The number of rotatable bonds is 6. The van der Waals surface area contributed by atoms with Crippen LogP contribution in [-0.4, -0.2) is 74.6 Å². The van der Waals surface area contributed by atoms with Crippen LogP contribution in [0.1, 0.15) is 24.3 Å². The number of alkyl halides is 3. The topological polar surface area (TPSA) is 98.5 Å². The van der Waals surface area contributed by atoms with Gasteiger partial charge in [-0.3, -0.25) is 10.1 Å². The number of carbonyl (C=O) groups is 1. The Morgan fingerprint density at radius 1 is 1.05 bits per heavy atom. The highest BCUT2D eigenvalue weighted by Crippen LogP contribution is 2.35. The second-order valence-corrected chi connectivity index (χ2v) is 10.5. The normalized spacial score (nSPS) is 16.8. The summed E-state index contributed by atoms with van der Waals surface area (Å²) in [7, 11) is 3.83. The van der Waals surface area contributed by atoms with Crippen molar-refractivity contribution in [2.45, 2.75) is 25.4 Å². The van der Waals surface area contributed by atoms with Gasteiger partial charge in [0.25, 0.3) is 0 Å². The van der Waals surface area contributed by atoms with E-state index >= 15 is 0 Å².